The smallest absolute Gasteiger partial charge is 0.0601 e. The van der Waals surface area contributed by atoms with Gasteiger partial charge >= 0.3 is 0 Å². The van der Waals surface area contributed by atoms with Crippen LogP contribution in [0.15, 0.2) is 48.7 Å². The van der Waals surface area contributed by atoms with Gasteiger partial charge in [0.05, 0.1) is 12.2 Å². The van der Waals surface area contributed by atoms with E-state index in [9.17, 15) is 0 Å². The predicted octanol–water partition coefficient (Wildman–Crippen LogP) is 3.52. The quantitative estimate of drug-likeness (QED) is 0.872. The van der Waals surface area contributed by atoms with Crippen LogP contribution >= 0.6 is 0 Å². The minimum Gasteiger partial charge on any atom is -0.366 e. The molecule has 0 aliphatic rings. The maximum atomic E-state index is 6.05. The Morgan fingerprint density at radius 3 is 2.40 bits per heavy atom. The molecule has 0 saturated heterocycles. The monoisotopic (exact) mass is 269 g/mol. The van der Waals surface area contributed by atoms with Gasteiger partial charge in [-0.3, -0.25) is 4.98 Å². The van der Waals surface area contributed by atoms with Crippen LogP contribution in [-0.2, 0) is 6.54 Å². The number of nitrogens with two attached hydrogens (primary N) is 1. The molecule has 0 spiro atoms. The van der Waals surface area contributed by atoms with Crippen LogP contribution in [-0.4, -0.2) is 11.5 Å². The summed E-state index contributed by atoms with van der Waals surface area (Å²) in [5.41, 5.74) is 9.55. The van der Waals surface area contributed by atoms with Gasteiger partial charge in [0.2, 0.25) is 0 Å². The molecule has 2 rings (SSSR count). The van der Waals surface area contributed by atoms with Gasteiger partial charge in [-0.1, -0.05) is 25.1 Å². The largest absolute Gasteiger partial charge is 0.366 e. The number of benzene rings is 1. The second-order valence-corrected chi connectivity index (χ2v) is 4.94. The lowest BCUT2D eigenvalue weighted by atomic mass is 10.1. The maximum Gasteiger partial charge on any atom is 0.0601 e. The first-order valence-electron chi connectivity index (χ1n) is 7.25. The van der Waals surface area contributed by atoms with E-state index in [1.165, 1.54) is 11.3 Å². The average Bonchev–Trinajstić information content (AvgIpc) is 2.53. The lowest BCUT2D eigenvalue weighted by molar-refractivity contribution is 0.698. The standard InChI is InChI=1S/C17H23N3/c1-3-17(18)14-8-10-16(11-9-14)20(4-2)13-15-7-5-6-12-19-15/h5-12,17H,3-4,13,18H2,1-2H3. The second kappa shape index (κ2) is 7.06. The number of hydrogen-bond acceptors (Lipinski definition) is 3. The molecule has 2 N–H and O–H groups in total. The van der Waals surface area contributed by atoms with Gasteiger partial charge in [-0.05, 0) is 43.2 Å². The van der Waals surface area contributed by atoms with Gasteiger partial charge in [0.15, 0.2) is 0 Å². The topological polar surface area (TPSA) is 42.1 Å². The van der Waals surface area contributed by atoms with Crippen molar-refractivity contribution in [3.8, 4) is 0 Å². The summed E-state index contributed by atoms with van der Waals surface area (Å²) in [5, 5.41) is 0. The molecule has 2 aromatic rings. The Morgan fingerprint density at radius 2 is 1.85 bits per heavy atom. The van der Waals surface area contributed by atoms with E-state index >= 15 is 0 Å². The first-order chi connectivity index (χ1) is 9.74. The van der Waals surface area contributed by atoms with Crippen LogP contribution in [0.5, 0.6) is 0 Å². The summed E-state index contributed by atoms with van der Waals surface area (Å²) in [6.07, 6.45) is 2.80. The number of anilines is 1. The third-order valence-corrected chi connectivity index (χ3v) is 3.59. The molecular weight excluding hydrogens is 246 g/mol. The number of pyridine rings is 1. The highest BCUT2D eigenvalue weighted by atomic mass is 15.1. The van der Waals surface area contributed by atoms with Gasteiger partial charge in [-0.2, -0.15) is 0 Å². The highest BCUT2D eigenvalue weighted by molar-refractivity contribution is 5.48. The number of aromatic nitrogens is 1. The molecule has 3 heteroatoms. The predicted molar refractivity (Wildman–Crippen MR) is 84.6 cm³/mol. The summed E-state index contributed by atoms with van der Waals surface area (Å²) in [7, 11) is 0. The van der Waals surface area contributed by atoms with Crippen LogP contribution in [0, 0.1) is 0 Å². The van der Waals surface area contributed by atoms with Crippen LogP contribution < -0.4 is 10.6 Å². The summed E-state index contributed by atoms with van der Waals surface area (Å²) in [6.45, 7) is 6.05. The zero-order valence-corrected chi connectivity index (χ0v) is 12.3. The van der Waals surface area contributed by atoms with Crippen LogP contribution in [0.2, 0.25) is 0 Å². The Labute approximate surface area is 121 Å². The van der Waals surface area contributed by atoms with Gasteiger partial charge in [0, 0.05) is 24.5 Å². The Morgan fingerprint density at radius 1 is 1.10 bits per heavy atom. The second-order valence-electron chi connectivity index (χ2n) is 4.94. The molecule has 0 saturated carbocycles. The summed E-state index contributed by atoms with van der Waals surface area (Å²) >= 11 is 0. The van der Waals surface area contributed by atoms with E-state index in [0.717, 1.165) is 25.2 Å². The molecule has 0 radical (unpaired) electrons. The Kier molecular flexibility index (Phi) is 5.13. The number of nitrogens with zero attached hydrogens (tertiary/aromatic N) is 2. The first kappa shape index (κ1) is 14.5. The van der Waals surface area contributed by atoms with Crippen molar-refractivity contribution in [2.75, 3.05) is 11.4 Å². The van der Waals surface area contributed by atoms with Crippen molar-refractivity contribution in [1.82, 2.24) is 4.98 Å². The fourth-order valence-electron chi connectivity index (χ4n) is 2.24. The minimum atomic E-state index is 0.134. The molecule has 1 aromatic carbocycles. The fourth-order valence-corrected chi connectivity index (χ4v) is 2.24. The summed E-state index contributed by atoms with van der Waals surface area (Å²) in [5.74, 6) is 0. The average molecular weight is 269 g/mol. The van der Waals surface area contributed by atoms with Crippen molar-refractivity contribution in [1.29, 1.82) is 0 Å². The van der Waals surface area contributed by atoms with E-state index in [2.05, 4.69) is 54.1 Å². The number of rotatable bonds is 6. The van der Waals surface area contributed by atoms with Gasteiger partial charge in [0.25, 0.3) is 0 Å². The van der Waals surface area contributed by atoms with E-state index in [4.69, 9.17) is 5.73 Å². The molecule has 1 aromatic heterocycles. The molecule has 3 nitrogen and oxygen atoms in total. The number of hydrogen-bond donors (Lipinski definition) is 1. The van der Waals surface area contributed by atoms with Crippen LogP contribution in [0.4, 0.5) is 5.69 Å². The Balaban J connectivity index is 2.11. The highest BCUT2D eigenvalue weighted by Crippen LogP contribution is 2.20. The third-order valence-electron chi connectivity index (χ3n) is 3.59. The van der Waals surface area contributed by atoms with E-state index in [1.54, 1.807) is 0 Å². The Hall–Kier alpha value is -1.87. The van der Waals surface area contributed by atoms with Crippen molar-refractivity contribution < 1.29 is 0 Å². The molecule has 0 fully saturated rings. The van der Waals surface area contributed by atoms with Crippen molar-refractivity contribution in [2.24, 2.45) is 5.73 Å². The summed E-state index contributed by atoms with van der Waals surface area (Å²) in [4.78, 5) is 6.70. The first-order valence-corrected chi connectivity index (χ1v) is 7.25. The molecule has 1 unspecified atom stereocenters. The summed E-state index contributed by atoms with van der Waals surface area (Å²) < 4.78 is 0. The molecule has 20 heavy (non-hydrogen) atoms. The SMILES string of the molecule is CCC(N)c1ccc(N(CC)Cc2ccccn2)cc1. The van der Waals surface area contributed by atoms with E-state index < -0.39 is 0 Å². The van der Waals surface area contributed by atoms with Crippen LogP contribution in [0.1, 0.15) is 37.6 Å². The maximum absolute atomic E-state index is 6.05. The van der Waals surface area contributed by atoms with E-state index in [0.29, 0.717) is 0 Å². The molecule has 0 aliphatic carbocycles. The fraction of sp³-hybridized carbons (Fsp3) is 0.353. The lowest BCUT2D eigenvalue weighted by Crippen LogP contribution is -2.22. The molecular formula is C17H23N3. The van der Waals surface area contributed by atoms with Crippen LogP contribution in [0.25, 0.3) is 0 Å². The zero-order chi connectivity index (χ0) is 14.4. The van der Waals surface area contributed by atoms with E-state index in [1.807, 2.05) is 18.3 Å². The van der Waals surface area contributed by atoms with E-state index in [-0.39, 0.29) is 6.04 Å². The normalized spacial score (nSPS) is 12.2. The van der Waals surface area contributed by atoms with Crippen LogP contribution in [0.3, 0.4) is 0 Å². The molecule has 1 heterocycles. The highest BCUT2D eigenvalue weighted by Gasteiger charge is 2.08. The van der Waals surface area contributed by atoms with Crippen molar-refractivity contribution in [3.05, 3.63) is 59.9 Å². The minimum absolute atomic E-state index is 0.134. The van der Waals surface area contributed by atoms with Gasteiger partial charge < -0.3 is 10.6 Å². The molecule has 0 aliphatic heterocycles. The van der Waals surface area contributed by atoms with Gasteiger partial charge in [0.1, 0.15) is 0 Å². The van der Waals surface area contributed by atoms with Crippen molar-refractivity contribution in [3.63, 3.8) is 0 Å². The Bertz CT molecular complexity index is 508. The lowest BCUT2D eigenvalue weighted by Gasteiger charge is -2.23. The third kappa shape index (κ3) is 3.58. The summed E-state index contributed by atoms with van der Waals surface area (Å²) in [6, 6.07) is 14.7. The molecule has 0 amide bonds. The van der Waals surface area contributed by atoms with Crippen molar-refractivity contribution in [2.45, 2.75) is 32.9 Å². The molecule has 0 bridgehead atoms. The molecule has 106 valence electrons. The molecule has 1 atom stereocenters. The van der Waals surface area contributed by atoms with Gasteiger partial charge in [-0.15, -0.1) is 0 Å². The van der Waals surface area contributed by atoms with Gasteiger partial charge in [-0.25, -0.2) is 0 Å². The zero-order valence-electron chi connectivity index (χ0n) is 12.3. The van der Waals surface area contributed by atoms with Crippen molar-refractivity contribution >= 4 is 5.69 Å².